The molecule has 17 heavy (non-hydrogen) atoms. The van der Waals surface area contributed by atoms with Gasteiger partial charge in [0.05, 0.1) is 12.4 Å². The first-order valence-electron chi connectivity index (χ1n) is 6.27. The first-order valence-corrected chi connectivity index (χ1v) is 8.84. The van der Waals surface area contributed by atoms with Crippen LogP contribution in [0.4, 0.5) is 0 Å². The zero-order chi connectivity index (χ0) is 12.7. The van der Waals surface area contributed by atoms with Crippen LogP contribution in [0.1, 0.15) is 39.0 Å². The molecule has 0 aromatic rings. The van der Waals surface area contributed by atoms with Crippen LogP contribution in [-0.2, 0) is 14.8 Å². The monoisotopic (exact) mass is 327 g/mol. The summed E-state index contributed by atoms with van der Waals surface area (Å²) < 4.78 is 31.5. The number of nitrogens with one attached hydrogen (secondary N) is 1. The van der Waals surface area contributed by atoms with E-state index in [2.05, 4.69) is 20.7 Å². The molecule has 0 amide bonds. The molecule has 6 heteroatoms. The van der Waals surface area contributed by atoms with E-state index in [0.29, 0.717) is 6.61 Å². The topological polar surface area (TPSA) is 55.4 Å². The second-order valence-corrected chi connectivity index (χ2v) is 7.44. The van der Waals surface area contributed by atoms with Gasteiger partial charge in [-0.2, -0.15) is 0 Å². The largest absolute Gasteiger partial charge is 0.381 e. The predicted molar refractivity (Wildman–Crippen MR) is 73.0 cm³/mol. The highest BCUT2D eigenvalue weighted by molar-refractivity contribution is 9.09. The van der Waals surface area contributed by atoms with Gasteiger partial charge in [-0.3, -0.25) is 0 Å². The van der Waals surface area contributed by atoms with Gasteiger partial charge in [-0.25, -0.2) is 13.1 Å². The van der Waals surface area contributed by atoms with Crippen molar-refractivity contribution in [1.29, 1.82) is 0 Å². The van der Waals surface area contributed by atoms with Crippen molar-refractivity contribution in [1.82, 2.24) is 4.72 Å². The normalized spacial score (nSPS) is 26.7. The van der Waals surface area contributed by atoms with Gasteiger partial charge in [-0.1, -0.05) is 35.2 Å². The lowest BCUT2D eigenvalue weighted by atomic mass is 10.1. The Bertz CT molecular complexity index is 308. The molecular formula is C11H22BrNO3S. The van der Waals surface area contributed by atoms with Gasteiger partial charge >= 0.3 is 0 Å². The van der Waals surface area contributed by atoms with Gasteiger partial charge in [0.2, 0.25) is 10.0 Å². The Balaban J connectivity index is 2.44. The molecule has 1 rings (SSSR count). The third-order valence-electron chi connectivity index (χ3n) is 2.96. The minimum atomic E-state index is -3.21. The van der Waals surface area contributed by atoms with E-state index in [9.17, 15) is 8.42 Å². The molecule has 0 aliphatic heterocycles. The van der Waals surface area contributed by atoms with Crippen LogP contribution in [0.3, 0.4) is 0 Å². The highest BCUT2D eigenvalue weighted by atomic mass is 79.9. The quantitative estimate of drug-likeness (QED) is 0.461. The summed E-state index contributed by atoms with van der Waals surface area (Å²) >= 11 is 3.58. The third kappa shape index (κ3) is 6.18. The second kappa shape index (κ2) is 7.71. The van der Waals surface area contributed by atoms with Crippen LogP contribution in [0, 0.1) is 0 Å². The van der Waals surface area contributed by atoms with Crippen molar-refractivity contribution in [3.63, 3.8) is 0 Å². The average Bonchev–Trinajstić information content (AvgIpc) is 2.44. The van der Waals surface area contributed by atoms with E-state index in [1.54, 1.807) is 0 Å². The molecule has 102 valence electrons. The molecule has 1 aliphatic rings. The van der Waals surface area contributed by atoms with E-state index in [1.807, 2.05) is 6.92 Å². The molecule has 4 nitrogen and oxygen atoms in total. The Morgan fingerprint density at radius 1 is 1.29 bits per heavy atom. The number of hydrogen-bond acceptors (Lipinski definition) is 3. The van der Waals surface area contributed by atoms with Crippen molar-refractivity contribution in [3.8, 4) is 0 Å². The molecule has 0 aromatic heterocycles. The van der Waals surface area contributed by atoms with Crippen molar-refractivity contribution in [2.45, 2.75) is 49.9 Å². The Morgan fingerprint density at radius 2 is 2.00 bits per heavy atom. The molecule has 1 fully saturated rings. The fourth-order valence-electron chi connectivity index (χ4n) is 2.00. The van der Waals surface area contributed by atoms with E-state index < -0.39 is 10.0 Å². The SMILES string of the molecule is CCOCCS(=O)(=O)NC1CCCCCC1Br. The molecule has 1 aliphatic carbocycles. The van der Waals surface area contributed by atoms with Gasteiger partial charge in [-0.05, 0) is 19.8 Å². The van der Waals surface area contributed by atoms with Crippen molar-refractivity contribution in [2.75, 3.05) is 19.0 Å². The smallest absolute Gasteiger partial charge is 0.214 e. The maximum atomic E-state index is 11.8. The van der Waals surface area contributed by atoms with Crippen LogP contribution in [-0.4, -0.2) is 38.3 Å². The summed E-state index contributed by atoms with van der Waals surface area (Å²) in [6.45, 7) is 2.69. The number of ether oxygens (including phenoxy) is 1. The lowest BCUT2D eigenvalue weighted by molar-refractivity contribution is 0.163. The lowest BCUT2D eigenvalue weighted by Gasteiger charge is -2.21. The van der Waals surface area contributed by atoms with Crippen LogP contribution < -0.4 is 4.72 Å². The van der Waals surface area contributed by atoms with Crippen molar-refractivity contribution >= 4 is 26.0 Å². The summed E-state index contributed by atoms with van der Waals surface area (Å²) in [6, 6.07) is 0.0316. The van der Waals surface area contributed by atoms with Crippen LogP contribution in [0.25, 0.3) is 0 Å². The van der Waals surface area contributed by atoms with E-state index in [0.717, 1.165) is 19.3 Å². The maximum Gasteiger partial charge on any atom is 0.214 e. The first-order chi connectivity index (χ1) is 8.05. The Kier molecular flexibility index (Phi) is 6.99. The minimum Gasteiger partial charge on any atom is -0.381 e. The molecule has 1 saturated carbocycles. The minimum absolute atomic E-state index is 0.0316. The highest BCUT2D eigenvalue weighted by Gasteiger charge is 2.25. The fraction of sp³-hybridized carbons (Fsp3) is 1.00. The molecule has 0 spiro atoms. The van der Waals surface area contributed by atoms with Gasteiger partial charge < -0.3 is 4.74 Å². The summed E-state index contributed by atoms with van der Waals surface area (Å²) in [4.78, 5) is 0.256. The van der Waals surface area contributed by atoms with Gasteiger partial charge in [0.15, 0.2) is 0 Å². The molecule has 0 aromatic carbocycles. The predicted octanol–water partition coefficient (Wildman–Crippen LogP) is 2.04. The Morgan fingerprint density at radius 3 is 2.71 bits per heavy atom. The van der Waals surface area contributed by atoms with Gasteiger partial charge in [0.25, 0.3) is 0 Å². The van der Waals surface area contributed by atoms with Crippen LogP contribution in [0.15, 0.2) is 0 Å². The lowest BCUT2D eigenvalue weighted by Crippen LogP contribution is -2.42. The molecular weight excluding hydrogens is 306 g/mol. The second-order valence-electron chi connectivity index (χ2n) is 4.39. The van der Waals surface area contributed by atoms with E-state index >= 15 is 0 Å². The summed E-state index contributed by atoms with van der Waals surface area (Å²) in [7, 11) is -3.21. The third-order valence-corrected chi connectivity index (χ3v) is 5.43. The standard InChI is InChI=1S/C11H22BrNO3S/c1-2-16-8-9-17(14,15)13-11-7-5-3-4-6-10(11)12/h10-11,13H,2-9H2,1H3. The number of halogens is 1. The van der Waals surface area contributed by atoms with Crippen molar-refractivity contribution in [3.05, 3.63) is 0 Å². The fourth-order valence-corrected chi connectivity index (χ4v) is 4.09. The molecule has 1 N–H and O–H groups in total. The summed E-state index contributed by atoms with van der Waals surface area (Å²) in [5, 5.41) is 0. The van der Waals surface area contributed by atoms with Crippen LogP contribution in [0.2, 0.25) is 0 Å². The molecule has 0 radical (unpaired) electrons. The number of sulfonamides is 1. The average molecular weight is 328 g/mol. The molecule has 0 saturated heterocycles. The zero-order valence-corrected chi connectivity index (χ0v) is 12.7. The number of hydrogen-bond donors (Lipinski definition) is 1. The first kappa shape index (κ1) is 15.4. The Labute approximate surface area is 113 Å². The van der Waals surface area contributed by atoms with Crippen LogP contribution in [0.5, 0.6) is 0 Å². The zero-order valence-electron chi connectivity index (χ0n) is 10.3. The summed E-state index contributed by atoms with van der Waals surface area (Å²) in [6.07, 6.45) is 5.43. The van der Waals surface area contributed by atoms with Crippen molar-refractivity contribution in [2.24, 2.45) is 0 Å². The van der Waals surface area contributed by atoms with Gasteiger partial charge in [0, 0.05) is 17.5 Å². The number of alkyl halides is 1. The van der Waals surface area contributed by atoms with Crippen LogP contribution >= 0.6 is 15.9 Å². The maximum absolute atomic E-state index is 11.8. The Hall–Kier alpha value is 0.350. The van der Waals surface area contributed by atoms with Gasteiger partial charge in [-0.15, -0.1) is 0 Å². The molecule has 0 heterocycles. The van der Waals surface area contributed by atoms with Gasteiger partial charge in [0.1, 0.15) is 0 Å². The van der Waals surface area contributed by atoms with E-state index in [1.165, 1.54) is 12.8 Å². The number of rotatable bonds is 6. The molecule has 0 bridgehead atoms. The summed E-state index contributed by atoms with van der Waals surface area (Å²) in [5.41, 5.74) is 0. The van der Waals surface area contributed by atoms with Crippen molar-refractivity contribution < 1.29 is 13.2 Å². The van der Waals surface area contributed by atoms with E-state index in [4.69, 9.17) is 4.74 Å². The van der Waals surface area contributed by atoms with E-state index in [-0.39, 0.29) is 23.2 Å². The highest BCUT2D eigenvalue weighted by Crippen LogP contribution is 2.24. The molecule has 2 atom stereocenters. The molecule has 2 unspecified atom stereocenters. The summed E-state index contributed by atoms with van der Waals surface area (Å²) in [5.74, 6) is 0.0526.